The molecule has 0 atom stereocenters. The number of hydrogen-bond acceptors (Lipinski definition) is 6. The Hall–Kier alpha value is -1.99. The molecule has 1 aliphatic rings. The first-order valence-electron chi connectivity index (χ1n) is 6.67. The fraction of sp³-hybridized carbons (Fsp3) is 0.214. The summed E-state index contributed by atoms with van der Waals surface area (Å²) in [5, 5.41) is 9.29. The van der Waals surface area contributed by atoms with Gasteiger partial charge < -0.3 is 5.32 Å². The SMILES string of the molecule is O=C(Nc1nc2ccccc2s1)c1csc(NC2CC2)n1. The van der Waals surface area contributed by atoms with Crippen LogP contribution in [0.2, 0.25) is 0 Å². The first kappa shape index (κ1) is 12.7. The topological polar surface area (TPSA) is 66.9 Å². The highest BCUT2D eigenvalue weighted by molar-refractivity contribution is 7.22. The Kier molecular flexibility index (Phi) is 3.08. The van der Waals surface area contributed by atoms with Crippen LogP contribution < -0.4 is 10.6 Å². The molecule has 0 bridgehead atoms. The summed E-state index contributed by atoms with van der Waals surface area (Å²) in [6.07, 6.45) is 2.37. The van der Waals surface area contributed by atoms with Crippen LogP contribution in [0, 0.1) is 0 Å². The van der Waals surface area contributed by atoms with Crippen LogP contribution >= 0.6 is 22.7 Å². The van der Waals surface area contributed by atoms with Gasteiger partial charge in [0.15, 0.2) is 10.3 Å². The van der Waals surface area contributed by atoms with Gasteiger partial charge in [0, 0.05) is 11.4 Å². The van der Waals surface area contributed by atoms with Gasteiger partial charge in [0.1, 0.15) is 5.69 Å². The van der Waals surface area contributed by atoms with Gasteiger partial charge in [-0.15, -0.1) is 11.3 Å². The number of rotatable bonds is 4. The Balaban J connectivity index is 1.50. The van der Waals surface area contributed by atoms with E-state index in [9.17, 15) is 4.79 Å². The molecule has 0 radical (unpaired) electrons. The molecule has 1 saturated carbocycles. The van der Waals surface area contributed by atoms with Crippen LogP contribution in [0.25, 0.3) is 10.2 Å². The lowest BCUT2D eigenvalue weighted by atomic mass is 10.3. The molecule has 4 rings (SSSR count). The van der Waals surface area contributed by atoms with Gasteiger partial charge in [-0.05, 0) is 25.0 Å². The van der Waals surface area contributed by atoms with Crippen molar-refractivity contribution in [3.63, 3.8) is 0 Å². The predicted molar refractivity (Wildman–Crippen MR) is 86.3 cm³/mol. The van der Waals surface area contributed by atoms with E-state index in [-0.39, 0.29) is 5.91 Å². The van der Waals surface area contributed by atoms with Crippen LogP contribution in [-0.2, 0) is 0 Å². The largest absolute Gasteiger partial charge is 0.359 e. The third-order valence-corrected chi connectivity index (χ3v) is 4.88. The zero-order valence-corrected chi connectivity index (χ0v) is 12.6. The van der Waals surface area contributed by atoms with Crippen molar-refractivity contribution >= 4 is 49.1 Å². The zero-order chi connectivity index (χ0) is 14.2. The number of nitrogens with zero attached hydrogens (tertiary/aromatic N) is 2. The van der Waals surface area contributed by atoms with Crippen LogP contribution in [0.4, 0.5) is 10.3 Å². The van der Waals surface area contributed by atoms with E-state index in [1.54, 1.807) is 5.38 Å². The number of para-hydroxylation sites is 1. The highest BCUT2D eigenvalue weighted by Crippen LogP contribution is 2.28. The van der Waals surface area contributed by atoms with Crippen molar-refractivity contribution in [2.45, 2.75) is 18.9 Å². The maximum absolute atomic E-state index is 12.2. The molecular formula is C14H12N4OS2. The van der Waals surface area contributed by atoms with E-state index >= 15 is 0 Å². The van der Waals surface area contributed by atoms with Crippen molar-refractivity contribution < 1.29 is 4.79 Å². The smallest absolute Gasteiger partial charge is 0.276 e. The molecule has 1 aliphatic carbocycles. The van der Waals surface area contributed by atoms with Crippen LogP contribution in [0.1, 0.15) is 23.3 Å². The van der Waals surface area contributed by atoms with E-state index in [1.807, 2.05) is 24.3 Å². The van der Waals surface area contributed by atoms with Crippen molar-refractivity contribution in [2.75, 3.05) is 10.6 Å². The number of benzene rings is 1. The predicted octanol–water partition coefficient (Wildman–Crippen LogP) is 3.58. The van der Waals surface area contributed by atoms with Crippen LogP contribution in [-0.4, -0.2) is 21.9 Å². The van der Waals surface area contributed by atoms with Gasteiger partial charge in [0.2, 0.25) is 0 Å². The second-order valence-electron chi connectivity index (χ2n) is 4.90. The summed E-state index contributed by atoms with van der Waals surface area (Å²) in [4.78, 5) is 20.9. The molecule has 2 heterocycles. The second kappa shape index (κ2) is 5.09. The fourth-order valence-corrected chi connectivity index (χ4v) is 3.56. The van der Waals surface area contributed by atoms with Crippen molar-refractivity contribution in [2.24, 2.45) is 0 Å². The molecule has 0 saturated heterocycles. The molecular weight excluding hydrogens is 304 g/mol. The normalized spacial score (nSPS) is 14.3. The van der Waals surface area contributed by atoms with Gasteiger partial charge in [-0.3, -0.25) is 10.1 Å². The number of hydrogen-bond donors (Lipinski definition) is 2. The molecule has 7 heteroatoms. The molecule has 2 aromatic heterocycles. The standard InChI is InChI=1S/C14H12N4OS2/c19-12(10-7-20-13(17-10)15-8-5-6-8)18-14-16-9-3-1-2-4-11(9)21-14/h1-4,7-8H,5-6H2,(H,15,17)(H,16,18,19). The molecule has 0 unspecified atom stereocenters. The molecule has 2 N–H and O–H groups in total. The number of carbonyl (C=O) groups is 1. The first-order valence-corrected chi connectivity index (χ1v) is 8.36. The quantitative estimate of drug-likeness (QED) is 0.772. The maximum atomic E-state index is 12.2. The number of nitrogens with one attached hydrogen (secondary N) is 2. The third-order valence-electron chi connectivity index (χ3n) is 3.16. The summed E-state index contributed by atoms with van der Waals surface area (Å²) in [5.41, 5.74) is 1.33. The molecule has 5 nitrogen and oxygen atoms in total. The molecule has 0 aliphatic heterocycles. The molecule has 106 valence electrons. The Labute approximate surface area is 129 Å². The van der Waals surface area contributed by atoms with E-state index in [2.05, 4.69) is 20.6 Å². The summed E-state index contributed by atoms with van der Waals surface area (Å²) in [7, 11) is 0. The van der Waals surface area contributed by atoms with Gasteiger partial charge in [-0.2, -0.15) is 0 Å². The van der Waals surface area contributed by atoms with E-state index in [1.165, 1.54) is 35.5 Å². The molecule has 21 heavy (non-hydrogen) atoms. The van der Waals surface area contributed by atoms with E-state index < -0.39 is 0 Å². The lowest BCUT2D eigenvalue weighted by molar-refractivity contribution is 0.102. The van der Waals surface area contributed by atoms with Crippen molar-refractivity contribution in [3.05, 3.63) is 35.3 Å². The highest BCUT2D eigenvalue weighted by atomic mass is 32.1. The monoisotopic (exact) mass is 316 g/mol. The number of thiazole rings is 2. The average molecular weight is 316 g/mol. The van der Waals surface area contributed by atoms with Gasteiger partial charge in [-0.1, -0.05) is 23.5 Å². The summed E-state index contributed by atoms with van der Waals surface area (Å²) in [6, 6.07) is 8.36. The maximum Gasteiger partial charge on any atom is 0.276 e. The minimum absolute atomic E-state index is 0.214. The second-order valence-corrected chi connectivity index (χ2v) is 6.79. The van der Waals surface area contributed by atoms with E-state index in [0.29, 0.717) is 16.9 Å². The summed E-state index contributed by atoms with van der Waals surface area (Å²) < 4.78 is 1.06. The Bertz CT molecular complexity index is 773. The van der Waals surface area contributed by atoms with Crippen LogP contribution in [0.3, 0.4) is 0 Å². The van der Waals surface area contributed by atoms with Gasteiger partial charge in [0.25, 0.3) is 5.91 Å². The van der Waals surface area contributed by atoms with Gasteiger partial charge in [0.05, 0.1) is 10.2 Å². The summed E-state index contributed by atoms with van der Waals surface area (Å²) in [5.74, 6) is -0.214. The zero-order valence-electron chi connectivity index (χ0n) is 11.0. The van der Waals surface area contributed by atoms with Crippen LogP contribution in [0.15, 0.2) is 29.6 Å². The summed E-state index contributed by atoms with van der Waals surface area (Å²) >= 11 is 2.93. The number of fused-ring (bicyclic) bond motifs is 1. The summed E-state index contributed by atoms with van der Waals surface area (Å²) in [6.45, 7) is 0. The van der Waals surface area contributed by atoms with E-state index in [4.69, 9.17) is 0 Å². The first-order chi connectivity index (χ1) is 10.3. The van der Waals surface area contributed by atoms with Gasteiger partial charge in [-0.25, -0.2) is 9.97 Å². The Morgan fingerprint density at radius 2 is 2.05 bits per heavy atom. The lowest BCUT2D eigenvalue weighted by Gasteiger charge is -1.98. The minimum atomic E-state index is -0.214. The van der Waals surface area contributed by atoms with Gasteiger partial charge >= 0.3 is 0 Å². The third kappa shape index (κ3) is 2.74. The van der Waals surface area contributed by atoms with Crippen molar-refractivity contribution in [3.8, 4) is 0 Å². The lowest BCUT2D eigenvalue weighted by Crippen LogP contribution is -2.12. The molecule has 3 aromatic rings. The number of anilines is 2. The number of amides is 1. The van der Waals surface area contributed by atoms with Crippen molar-refractivity contribution in [1.82, 2.24) is 9.97 Å². The highest BCUT2D eigenvalue weighted by Gasteiger charge is 2.22. The Morgan fingerprint density at radius 3 is 2.86 bits per heavy atom. The molecule has 1 aromatic carbocycles. The fourth-order valence-electron chi connectivity index (χ4n) is 1.93. The van der Waals surface area contributed by atoms with Crippen molar-refractivity contribution in [1.29, 1.82) is 0 Å². The molecule has 0 spiro atoms. The van der Waals surface area contributed by atoms with Crippen LogP contribution in [0.5, 0.6) is 0 Å². The number of aromatic nitrogens is 2. The minimum Gasteiger partial charge on any atom is -0.359 e. The Morgan fingerprint density at radius 1 is 1.19 bits per heavy atom. The average Bonchev–Trinajstić information content (AvgIpc) is 3.00. The number of carbonyl (C=O) groups excluding carboxylic acids is 1. The van der Waals surface area contributed by atoms with E-state index in [0.717, 1.165) is 15.3 Å². The molecule has 1 fully saturated rings. The molecule has 1 amide bonds.